The number of nitrogens with zero attached hydrogens (tertiary/aromatic N) is 5. The van der Waals surface area contributed by atoms with Gasteiger partial charge < -0.3 is 29.0 Å². The van der Waals surface area contributed by atoms with E-state index in [1.54, 1.807) is 43.4 Å². The summed E-state index contributed by atoms with van der Waals surface area (Å²) in [5, 5.41) is 37.6. The second-order valence-corrected chi connectivity index (χ2v) is 46.8. The maximum atomic E-state index is 12.4. The monoisotopic (exact) mass is 1900 g/mol. The number of non-ortho nitro benzene ring substituents is 1. The number of ketones is 3. The average molecular weight is 1900 g/mol. The lowest BCUT2D eigenvalue weighted by atomic mass is 9.68. The van der Waals surface area contributed by atoms with Crippen LogP contribution < -0.4 is 29.0 Å². The third kappa shape index (κ3) is 50.1. The zero-order valence-corrected chi connectivity index (χ0v) is 94.3. The van der Waals surface area contributed by atoms with Gasteiger partial charge in [-0.2, -0.15) is 4.98 Å². The minimum Gasteiger partial charge on any atom is -0.491 e. The van der Waals surface area contributed by atoms with Crippen molar-refractivity contribution in [2.24, 2.45) is 106 Å². The summed E-state index contributed by atoms with van der Waals surface area (Å²) in [5.74, 6) is 10.5. The van der Waals surface area contributed by atoms with E-state index in [9.17, 15) is 49.6 Å². The molecule has 7 atom stereocenters. The van der Waals surface area contributed by atoms with E-state index in [1.165, 1.54) is 23.1 Å². The highest BCUT2D eigenvalue weighted by Gasteiger charge is 2.52. The number of carbonyl (C=O) groups excluding carboxylic acids is 3. The molecular formula is C115H197N6O15+. The van der Waals surface area contributed by atoms with E-state index < -0.39 is 16.5 Å². The highest BCUT2D eigenvalue weighted by Crippen LogP contribution is 2.44. The quantitative estimate of drug-likeness (QED) is 0.0164. The van der Waals surface area contributed by atoms with Crippen molar-refractivity contribution in [2.75, 3.05) is 7.05 Å². The average Bonchev–Trinajstić information content (AvgIpc) is 0.788. The normalized spacial score (nSPS) is 13.7. The lowest BCUT2D eigenvalue weighted by Crippen LogP contribution is -2.51. The molecule has 0 fully saturated rings. The van der Waals surface area contributed by atoms with E-state index in [1.807, 2.05) is 181 Å². The molecule has 0 radical (unpaired) electrons. The zero-order valence-electron chi connectivity index (χ0n) is 94.3. The van der Waals surface area contributed by atoms with Crippen LogP contribution in [0.1, 0.15) is 406 Å². The first-order chi connectivity index (χ1) is 62.3. The molecule has 0 aliphatic heterocycles. The van der Waals surface area contributed by atoms with Gasteiger partial charge in [0.15, 0.2) is 18.6 Å². The van der Waals surface area contributed by atoms with Crippen molar-refractivity contribution in [3.8, 4) is 29.0 Å². The number of nitro groups is 3. The SMILES string of the molecule is CC(C)CC(C(C)C)(C(C)C(C)C)[N+](=O)[O-].CC(C)CC(C(C)C)C(c1ccc([N+](C)=O)cc1)C(C)C.CC(C)CC(CC(C)C)(CC(C)C)[N+](=O)[O-].CC(C)CC(Cc1ccc(OC(C)C)cc1)C(=O)C(C)C.CC(C)CC(NC(C)C)C(c1ccc([N+](=O)[O-])cc1)C(C)(C)C.CC(C)Oc1cc(C(=O)C(C)(C)C)cc(OC(C)C)n1.CC(C)Oc1cc(OC(C)C)cc(C(=O)C(C)C)c1. The van der Waals surface area contributed by atoms with Gasteiger partial charge in [-0.1, -0.05) is 279 Å². The van der Waals surface area contributed by atoms with E-state index >= 15 is 0 Å². The largest absolute Gasteiger partial charge is 0.491 e. The second kappa shape index (κ2) is 62.1. The van der Waals surface area contributed by atoms with Crippen LogP contribution in [0.2, 0.25) is 0 Å². The van der Waals surface area contributed by atoms with Crippen LogP contribution in [-0.4, -0.2) is 103 Å². The molecule has 21 heteroatoms. The maximum absolute atomic E-state index is 12.4. The van der Waals surface area contributed by atoms with Crippen LogP contribution in [0, 0.1) is 141 Å². The van der Waals surface area contributed by atoms with Gasteiger partial charge in [0, 0.05) is 152 Å². The molecule has 7 unspecified atom stereocenters. The fraction of sp³-hybridized carbons (Fsp3) is 0.722. The molecule has 1 N–H and O–H groups in total. The number of carbonyl (C=O) groups is 3. The number of nitroso groups, excluding NO2 is 1. The van der Waals surface area contributed by atoms with Crippen LogP contribution in [0.3, 0.4) is 0 Å². The van der Waals surface area contributed by atoms with Gasteiger partial charge >= 0.3 is 0 Å². The van der Waals surface area contributed by atoms with Crippen molar-refractivity contribution in [1.29, 1.82) is 0 Å². The summed E-state index contributed by atoms with van der Waals surface area (Å²) in [6, 6.07) is 32.9. The van der Waals surface area contributed by atoms with Gasteiger partial charge in [0.05, 0.1) is 35.4 Å². The lowest BCUT2D eigenvalue weighted by molar-refractivity contribution is -0.594. The van der Waals surface area contributed by atoms with Crippen LogP contribution in [-0.2, 0) is 11.2 Å². The van der Waals surface area contributed by atoms with Gasteiger partial charge in [-0.15, -0.1) is 0 Å². The molecule has 5 aromatic rings. The second-order valence-electron chi connectivity index (χ2n) is 46.8. The van der Waals surface area contributed by atoms with E-state index in [0.29, 0.717) is 155 Å². The van der Waals surface area contributed by atoms with Crippen molar-refractivity contribution in [2.45, 2.75) is 428 Å². The van der Waals surface area contributed by atoms with Gasteiger partial charge in [-0.3, -0.25) is 44.7 Å². The Morgan fingerprint density at radius 3 is 1.10 bits per heavy atom. The lowest BCUT2D eigenvalue weighted by Gasteiger charge is -2.40. The first-order valence-electron chi connectivity index (χ1n) is 51.3. The zero-order chi connectivity index (χ0) is 106. The van der Waals surface area contributed by atoms with Crippen molar-refractivity contribution >= 4 is 28.7 Å². The van der Waals surface area contributed by atoms with Crippen molar-refractivity contribution in [3.63, 3.8) is 0 Å². The molecule has 0 amide bonds. The van der Waals surface area contributed by atoms with E-state index in [0.717, 1.165) is 35.5 Å². The molecule has 0 spiro atoms. The Morgan fingerprint density at radius 2 is 0.801 bits per heavy atom. The summed E-state index contributed by atoms with van der Waals surface area (Å²) in [4.78, 5) is 86.0. The Balaban J connectivity index is 0. The van der Waals surface area contributed by atoms with Crippen LogP contribution in [0.25, 0.3) is 0 Å². The molecule has 21 nitrogen and oxygen atoms in total. The Bertz CT molecular complexity index is 4140. The molecule has 0 aliphatic rings. The van der Waals surface area contributed by atoms with Crippen LogP contribution >= 0.6 is 0 Å². The molecule has 4 aromatic carbocycles. The van der Waals surface area contributed by atoms with E-state index in [4.69, 9.17) is 23.7 Å². The predicted molar refractivity (Wildman–Crippen MR) is 569 cm³/mol. The highest BCUT2D eigenvalue weighted by molar-refractivity contribution is 6.00. The number of Topliss-reactive ketones (excluding diaryl/α,β-unsaturated/α-hetero) is 3. The van der Waals surface area contributed by atoms with Gasteiger partial charge in [0.1, 0.15) is 23.0 Å². The van der Waals surface area contributed by atoms with Crippen molar-refractivity contribution in [1.82, 2.24) is 10.3 Å². The number of benzene rings is 4. The topological polar surface area (TPSA) is 272 Å². The summed E-state index contributed by atoms with van der Waals surface area (Å²) in [7, 11) is 1.55. The van der Waals surface area contributed by atoms with Crippen LogP contribution in [0.15, 0.2) is 103 Å². The summed E-state index contributed by atoms with van der Waals surface area (Å²) >= 11 is 0. The molecule has 0 bridgehead atoms. The number of hydrogen-bond donors (Lipinski definition) is 1. The molecule has 0 saturated heterocycles. The summed E-state index contributed by atoms with van der Waals surface area (Å²) in [6.45, 7) is 93.5. The third-order valence-electron chi connectivity index (χ3n) is 23.5. The number of ether oxygens (including phenoxy) is 5. The van der Waals surface area contributed by atoms with Gasteiger partial charge in [-0.25, -0.2) is 0 Å². The standard InChI is InChI=1S/C19H32N2O2.C19H32NO.C19H30O2.C16H25NO3.C16H24O3.2C13H27NO2/c1-13(2)12-17(20-14(3)4)18(19(5,6)7)15-8-10-16(11-9-15)21(22)23;1-13(2)12-18(14(3)4)19(15(5)6)16-8-10-17(11-9-16)20(7)21;1-13(2)11-17(19(20)14(3)4)12-16-7-9-18(10-8-16)21-15(5)6;1-10(2)19-13-8-12(15(18)16(5,6)7)9-14(17-13)20-11(3)4;1-10(2)16(17)13-7-14(18-11(3)4)9-15(8-13)19-12(5)6;1-10(2)7-13(14(15)16,8-11(3)4)9-12(5)6;1-9(2)8-13(11(5)6,14(15)16)12(7)10(3)4/h8-11,13-14,17-18,20H,12H2,1-7H3;8-11,13-15,18-19H,12H2,1-7H3;7-10,13-15,17H,11-12H2,1-6H3;8-11H,1-7H3;7-12H,1-6H3;10-12H,7-9H2,1-6H3;9-12H,8H2,1-7H3/q;+1;;;;;. The first-order valence-corrected chi connectivity index (χ1v) is 51.3. The number of pyridine rings is 1. The number of hydrogen-bond acceptors (Lipinski definition) is 17. The Morgan fingerprint density at radius 1 is 0.404 bits per heavy atom. The fourth-order valence-electron chi connectivity index (χ4n) is 18.1. The molecule has 5 rings (SSSR count). The number of aromatic nitrogens is 1. The molecule has 1 heterocycles. The summed E-state index contributed by atoms with van der Waals surface area (Å²) < 4.78 is 29.1. The predicted octanol–water partition coefficient (Wildman–Crippen LogP) is 31.9. The Hall–Kier alpha value is -8.20. The molecule has 1 aromatic heterocycles. The summed E-state index contributed by atoms with van der Waals surface area (Å²) in [6.07, 6.45) is 7.17. The molecule has 0 aliphatic carbocycles. The molecular weight excluding hydrogens is 1710 g/mol. The van der Waals surface area contributed by atoms with Gasteiger partial charge in [0.25, 0.3) is 11.4 Å². The third-order valence-corrected chi connectivity index (χ3v) is 23.5. The smallest absolute Gasteiger partial charge is 0.269 e. The Labute approximate surface area is 828 Å². The minimum absolute atomic E-state index is 0.00520. The van der Waals surface area contributed by atoms with Crippen LogP contribution in [0.4, 0.5) is 11.4 Å². The number of rotatable bonds is 46. The highest BCUT2D eigenvalue weighted by atomic mass is 16.6. The van der Waals surface area contributed by atoms with Crippen molar-refractivity contribution < 1.29 is 57.6 Å². The van der Waals surface area contributed by atoms with E-state index in [2.05, 4.69) is 208 Å². The molecule has 0 saturated carbocycles. The molecule has 136 heavy (non-hydrogen) atoms. The maximum Gasteiger partial charge on any atom is 0.269 e. The fourth-order valence-corrected chi connectivity index (χ4v) is 18.1. The summed E-state index contributed by atoms with van der Waals surface area (Å²) in [5.41, 5.74) is 3.97. The first kappa shape index (κ1) is 130. The van der Waals surface area contributed by atoms with Gasteiger partial charge in [-0.05, 0) is 212 Å². The minimum atomic E-state index is -0.775. The Kier molecular flexibility index (Phi) is 59.3. The molecule has 776 valence electrons. The van der Waals surface area contributed by atoms with Crippen LogP contribution in [0.5, 0.6) is 29.0 Å². The van der Waals surface area contributed by atoms with E-state index in [-0.39, 0.29) is 97.5 Å². The van der Waals surface area contributed by atoms with Crippen molar-refractivity contribution in [3.05, 3.63) is 166 Å². The number of nitrogens with one attached hydrogen (secondary N) is 1. The van der Waals surface area contributed by atoms with Gasteiger partial charge in [0.2, 0.25) is 22.8 Å². The number of nitro benzene ring substituents is 1.